The molecule has 2 aliphatic rings. The quantitative estimate of drug-likeness (QED) is 0.417. The molecule has 2 fully saturated rings. The summed E-state index contributed by atoms with van der Waals surface area (Å²) >= 11 is 7.34. The summed E-state index contributed by atoms with van der Waals surface area (Å²) in [4.78, 5) is 28.2. The highest BCUT2D eigenvalue weighted by Gasteiger charge is 2.38. The second kappa shape index (κ2) is 13.5. The normalized spacial score (nSPS) is 19.4. The van der Waals surface area contributed by atoms with E-state index in [1.54, 1.807) is 18.9 Å². The van der Waals surface area contributed by atoms with Gasteiger partial charge in [0.1, 0.15) is 17.4 Å². The minimum atomic E-state index is -0.610. The summed E-state index contributed by atoms with van der Waals surface area (Å²) in [6.45, 7) is 6.06. The highest BCUT2D eigenvalue weighted by Crippen LogP contribution is 2.28. The third-order valence-corrected chi connectivity index (χ3v) is 8.10. The van der Waals surface area contributed by atoms with Gasteiger partial charge in [0, 0.05) is 12.3 Å². The van der Waals surface area contributed by atoms with Crippen LogP contribution in [0.3, 0.4) is 0 Å². The fourth-order valence-corrected chi connectivity index (χ4v) is 6.02. The lowest BCUT2D eigenvalue weighted by molar-refractivity contribution is -0.125. The molecule has 2 atom stereocenters. The molecule has 1 heterocycles. The molecule has 1 aromatic rings. The van der Waals surface area contributed by atoms with Gasteiger partial charge in [0.2, 0.25) is 5.91 Å². The largest absolute Gasteiger partial charge is 0.497 e. The maximum absolute atomic E-state index is 13.4. The first-order valence-corrected chi connectivity index (χ1v) is 14.5. The zero-order chi connectivity index (χ0) is 26.1. The van der Waals surface area contributed by atoms with E-state index in [0.29, 0.717) is 29.1 Å². The Morgan fingerprint density at radius 2 is 1.86 bits per heavy atom. The van der Waals surface area contributed by atoms with Crippen molar-refractivity contribution in [3.05, 3.63) is 29.8 Å². The molecule has 1 aromatic carbocycles. The van der Waals surface area contributed by atoms with Crippen molar-refractivity contribution in [2.24, 2.45) is 5.92 Å². The standard InChI is InChI=1S/C27H41N3O4S2/c1-27(2,3)34-26(32)30-18-36-17-23(30)24(31)29-22(15-12-19-8-6-5-7-9-19)25(35)28-16-20-10-13-21(33-4)14-11-20/h10-11,13-14,19,22-23H,5-9,12,15-18H2,1-4H3,(H,28,35)(H,29,31)/t22-,23+/m1/s1. The van der Waals surface area contributed by atoms with Crippen LogP contribution >= 0.6 is 24.0 Å². The molecule has 1 saturated carbocycles. The molecule has 9 heteroatoms. The molecule has 1 aliphatic carbocycles. The lowest BCUT2D eigenvalue weighted by Crippen LogP contribution is -2.54. The summed E-state index contributed by atoms with van der Waals surface area (Å²) in [5.41, 5.74) is 0.472. The number of hydrogen-bond acceptors (Lipinski definition) is 6. The van der Waals surface area contributed by atoms with Crippen LogP contribution in [0.1, 0.15) is 71.3 Å². The third-order valence-electron chi connectivity index (χ3n) is 6.66. The number of nitrogens with zero attached hydrogens (tertiary/aromatic N) is 1. The highest BCUT2D eigenvalue weighted by atomic mass is 32.2. The molecule has 1 aliphatic heterocycles. The molecule has 0 radical (unpaired) electrons. The monoisotopic (exact) mass is 535 g/mol. The zero-order valence-electron chi connectivity index (χ0n) is 22.0. The number of carbonyl (C=O) groups is 2. The second-order valence-electron chi connectivity index (χ2n) is 10.7. The average molecular weight is 536 g/mol. The number of benzene rings is 1. The predicted molar refractivity (Wildman–Crippen MR) is 149 cm³/mol. The minimum absolute atomic E-state index is 0.173. The Labute approximate surface area is 225 Å². The van der Waals surface area contributed by atoms with Gasteiger partial charge in [-0.25, -0.2) is 4.79 Å². The number of nitrogens with one attached hydrogen (secondary N) is 2. The lowest BCUT2D eigenvalue weighted by atomic mass is 9.85. The van der Waals surface area contributed by atoms with Gasteiger partial charge < -0.3 is 20.1 Å². The number of methoxy groups -OCH3 is 1. The Bertz CT molecular complexity index is 882. The summed E-state index contributed by atoms with van der Waals surface area (Å²) in [6, 6.07) is 7.00. The van der Waals surface area contributed by atoms with Crippen molar-refractivity contribution in [2.45, 2.75) is 89.9 Å². The van der Waals surface area contributed by atoms with Crippen LogP contribution < -0.4 is 15.4 Å². The van der Waals surface area contributed by atoms with E-state index in [-0.39, 0.29) is 11.9 Å². The SMILES string of the molecule is COc1ccc(CNC(=S)[C@@H](CCC2CCCCC2)NC(=O)[C@@H]2CSCN2C(=O)OC(C)(C)C)cc1. The molecule has 2 N–H and O–H groups in total. The Morgan fingerprint density at radius 3 is 2.50 bits per heavy atom. The number of amides is 2. The van der Waals surface area contributed by atoms with Crippen molar-refractivity contribution in [1.82, 2.24) is 15.5 Å². The molecular weight excluding hydrogens is 494 g/mol. The van der Waals surface area contributed by atoms with Crippen molar-refractivity contribution in [1.29, 1.82) is 0 Å². The summed E-state index contributed by atoms with van der Waals surface area (Å²) in [5, 5.41) is 6.53. The van der Waals surface area contributed by atoms with Crippen LogP contribution in [0.4, 0.5) is 4.79 Å². The van der Waals surface area contributed by atoms with Crippen molar-refractivity contribution in [3.8, 4) is 5.75 Å². The fraction of sp³-hybridized carbons (Fsp3) is 0.667. The van der Waals surface area contributed by atoms with E-state index in [1.165, 1.54) is 37.0 Å². The maximum atomic E-state index is 13.4. The Balaban J connectivity index is 1.63. The molecule has 0 unspecified atom stereocenters. The molecular formula is C27H41N3O4S2. The topological polar surface area (TPSA) is 79.9 Å². The summed E-state index contributed by atoms with van der Waals surface area (Å²) in [5.74, 6) is 2.31. The number of thioether (sulfide) groups is 1. The van der Waals surface area contributed by atoms with E-state index in [0.717, 1.165) is 24.2 Å². The Morgan fingerprint density at radius 1 is 1.17 bits per heavy atom. The van der Waals surface area contributed by atoms with Crippen LogP contribution in [-0.2, 0) is 16.1 Å². The van der Waals surface area contributed by atoms with Gasteiger partial charge in [-0.05, 0) is 57.2 Å². The van der Waals surface area contributed by atoms with E-state index in [2.05, 4.69) is 10.6 Å². The summed E-state index contributed by atoms with van der Waals surface area (Å²) < 4.78 is 10.8. The first kappa shape index (κ1) is 28.6. The number of hydrogen-bond donors (Lipinski definition) is 2. The van der Waals surface area contributed by atoms with Crippen LogP contribution in [0.15, 0.2) is 24.3 Å². The van der Waals surface area contributed by atoms with Gasteiger partial charge in [-0.2, -0.15) is 0 Å². The molecule has 0 aromatic heterocycles. The number of thiocarbonyl (C=S) groups is 1. The molecule has 36 heavy (non-hydrogen) atoms. The van der Waals surface area contributed by atoms with Gasteiger partial charge in [-0.15, -0.1) is 11.8 Å². The van der Waals surface area contributed by atoms with Crippen molar-refractivity contribution in [3.63, 3.8) is 0 Å². The highest BCUT2D eigenvalue weighted by molar-refractivity contribution is 7.99. The number of carbonyl (C=O) groups excluding carboxylic acids is 2. The van der Waals surface area contributed by atoms with E-state index in [9.17, 15) is 9.59 Å². The fourth-order valence-electron chi connectivity index (χ4n) is 4.63. The Kier molecular flexibility index (Phi) is 10.7. The van der Waals surface area contributed by atoms with Gasteiger partial charge in [0.05, 0.1) is 24.0 Å². The Hall–Kier alpha value is -2.00. The molecule has 3 rings (SSSR count). The molecule has 200 valence electrons. The lowest BCUT2D eigenvalue weighted by Gasteiger charge is -2.30. The number of ether oxygens (including phenoxy) is 2. The second-order valence-corrected chi connectivity index (χ2v) is 12.1. The van der Waals surface area contributed by atoms with E-state index in [4.69, 9.17) is 21.7 Å². The molecule has 7 nitrogen and oxygen atoms in total. The van der Waals surface area contributed by atoms with Crippen molar-refractivity contribution >= 4 is 41.0 Å². The van der Waals surface area contributed by atoms with Crippen LogP contribution in [0.2, 0.25) is 0 Å². The number of rotatable bonds is 9. The summed E-state index contributed by atoms with van der Waals surface area (Å²) in [6.07, 6.45) is 7.75. The van der Waals surface area contributed by atoms with E-state index >= 15 is 0 Å². The maximum Gasteiger partial charge on any atom is 0.411 e. The first-order valence-electron chi connectivity index (χ1n) is 12.9. The van der Waals surface area contributed by atoms with Crippen LogP contribution in [0.5, 0.6) is 5.75 Å². The van der Waals surface area contributed by atoms with Gasteiger partial charge in [-0.3, -0.25) is 9.69 Å². The van der Waals surface area contributed by atoms with Crippen molar-refractivity contribution in [2.75, 3.05) is 18.7 Å². The smallest absolute Gasteiger partial charge is 0.411 e. The molecule has 1 saturated heterocycles. The average Bonchev–Trinajstić information content (AvgIpc) is 3.35. The van der Waals surface area contributed by atoms with Gasteiger partial charge in [0.15, 0.2) is 0 Å². The predicted octanol–water partition coefficient (Wildman–Crippen LogP) is 5.27. The molecule has 2 amide bonds. The van der Waals surface area contributed by atoms with Crippen molar-refractivity contribution < 1.29 is 19.1 Å². The minimum Gasteiger partial charge on any atom is -0.497 e. The van der Waals surface area contributed by atoms with E-state index < -0.39 is 17.7 Å². The van der Waals surface area contributed by atoms with Gasteiger partial charge in [0.25, 0.3) is 0 Å². The zero-order valence-corrected chi connectivity index (χ0v) is 23.6. The first-order chi connectivity index (χ1) is 17.2. The van der Waals surface area contributed by atoms with Crippen LogP contribution in [0.25, 0.3) is 0 Å². The molecule has 0 spiro atoms. The van der Waals surface area contributed by atoms with Gasteiger partial charge in [-0.1, -0.05) is 56.5 Å². The van der Waals surface area contributed by atoms with E-state index in [1.807, 2.05) is 45.0 Å². The van der Waals surface area contributed by atoms with Crippen LogP contribution in [0, 0.1) is 5.92 Å². The summed E-state index contributed by atoms with van der Waals surface area (Å²) in [7, 11) is 1.65. The van der Waals surface area contributed by atoms with Gasteiger partial charge >= 0.3 is 6.09 Å². The molecule has 0 bridgehead atoms. The van der Waals surface area contributed by atoms with Crippen LogP contribution in [-0.4, -0.2) is 58.3 Å². The third kappa shape index (κ3) is 8.83.